The van der Waals surface area contributed by atoms with Crippen molar-refractivity contribution in [3.8, 4) is 11.3 Å². The fourth-order valence-electron chi connectivity index (χ4n) is 1.65. The van der Waals surface area contributed by atoms with E-state index in [4.69, 9.17) is 4.42 Å². The molecule has 0 aliphatic carbocycles. The first-order valence-electron chi connectivity index (χ1n) is 5.21. The summed E-state index contributed by atoms with van der Waals surface area (Å²) in [4.78, 5) is 10.0. The molecular weight excluding hydrogens is 263 g/mol. The highest BCUT2D eigenvalue weighted by Crippen LogP contribution is 2.37. The molecule has 1 heterocycles. The fraction of sp³-hybridized carbons (Fsp3) is 0.167. The van der Waals surface area contributed by atoms with Crippen LogP contribution in [0.2, 0.25) is 0 Å². The van der Waals surface area contributed by atoms with Crippen molar-refractivity contribution < 1.29 is 22.5 Å². The Bertz CT molecular complexity index is 631. The molecule has 0 unspecified atom stereocenters. The minimum Gasteiger partial charge on any atom is -0.461 e. The number of alkyl halides is 3. The molecule has 0 atom stereocenters. The van der Waals surface area contributed by atoms with Gasteiger partial charge in [-0.2, -0.15) is 13.2 Å². The van der Waals surface area contributed by atoms with Gasteiger partial charge in [-0.3, -0.25) is 10.1 Å². The van der Waals surface area contributed by atoms with Crippen molar-refractivity contribution in [2.24, 2.45) is 0 Å². The van der Waals surface area contributed by atoms with Crippen LogP contribution in [0.5, 0.6) is 0 Å². The van der Waals surface area contributed by atoms with Crippen molar-refractivity contribution in [1.29, 1.82) is 0 Å². The van der Waals surface area contributed by atoms with E-state index < -0.39 is 22.4 Å². The van der Waals surface area contributed by atoms with Crippen LogP contribution in [0.25, 0.3) is 11.3 Å². The van der Waals surface area contributed by atoms with Crippen LogP contribution in [-0.4, -0.2) is 4.92 Å². The zero-order chi connectivity index (χ0) is 14.2. The van der Waals surface area contributed by atoms with Gasteiger partial charge in [0.05, 0.1) is 16.1 Å². The number of rotatable bonds is 2. The fourth-order valence-corrected chi connectivity index (χ4v) is 1.65. The molecule has 0 fully saturated rings. The third kappa shape index (κ3) is 2.59. The molecule has 100 valence electrons. The van der Waals surface area contributed by atoms with Crippen molar-refractivity contribution >= 4 is 5.69 Å². The molecule has 1 aromatic heterocycles. The highest BCUT2D eigenvalue weighted by Gasteiger charge is 2.33. The van der Waals surface area contributed by atoms with E-state index in [-0.39, 0.29) is 11.3 Å². The lowest BCUT2D eigenvalue weighted by atomic mass is 10.1. The van der Waals surface area contributed by atoms with E-state index in [2.05, 4.69) is 0 Å². The van der Waals surface area contributed by atoms with E-state index in [1.807, 2.05) is 0 Å². The third-order valence-electron chi connectivity index (χ3n) is 2.53. The maximum absolute atomic E-state index is 12.5. The molecule has 19 heavy (non-hydrogen) atoms. The quantitative estimate of drug-likeness (QED) is 0.608. The van der Waals surface area contributed by atoms with Crippen LogP contribution in [0.15, 0.2) is 34.7 Å². The number of halogens is 3. The minimum absolute atomic E-state index is 0.0195. The molecule has 0 spiro atoms. The Morgan fingerprint density at radius 1 is 1.21 bits per heavy atom. The van der Waals surface area contributed by atoms with Gasteiger partial charge in [0.15, 0.2) is 0 Å². The molecule has 0 N–H and O–H groups in total. The highest BCUT2D eigenvalue weighted by atomic mass is 19.4. The summed E-state index contributed by atoms with van der Waals surface area (Å²) in [5, 5.41) is 10.9. The van der Waals surface area contributed by atoms with Crippen molar-refractivity contribution in [2.45, 2.75) is 13.1 Å². The van der Waals surface area contributed by atoms with Gasteiger partial charge in [-0.1, -0.05) is 0 Å². The van der Waals surface area contributed by atoms with Crippen LogP contribution >= 0.6 is 0 Å². The van der Waals surface area contributed by atoms with Gasteiger partial charge in [0.1, 0.15) is 11.5 Å². The highest BCUT2D eigenvalue weighted by molar-refractivity contribution is 5.70. The lowest BCUT2D eigenvalue weighted by Crippen LogP contribution is -2.06. The Morgan fingerprint density at radius 3 is 2.37 bits per heavy atom. The maximum Gasteiger partial charge on any atom is 0.416 e. The van der Waals surface area contributed by atoms with E-state index in [9.17, 15) is 23.3 Å². The summed E-state index contributed by atoms with van der Waals surface area (Å²) in [5.74, 6) is 0.683. The number of aryl methyl sites for hydroxylation is 1. The van der Waals surface area contributed by atoms with E-state index in [0.717, 1.165) is 12.1 Å². The molecule has 4 nitrogen and oxygen atoms in total. The summed E-state index contributed by atoms with van der Waals surface area (Å²) < 4.78 is 42.8. The topological polar surface area (TPSA) is 56.3 Å². The first kappa shape index (κ1) is 13.1. The predicted molar refractivity (Wildman–Crippen MR) is 60.5 cm³/mol. The van der Waals surface area contributed by atoms with Crippen LogP contribution in [0.1, 0.15) is 11.3 Å². The number of nitrogens with zero attached hydrogens (tertiary/aromatic N) is 1. The smallest absolute Gasteiger partial charge is 0.416 e. The van der Waals surface area contributed by atoms with Crippen LogP contribution in [0.4, 0.5) is 18.9 Å². The second-order valence-corrected chi connectivity index (χ2v) is 3.90. The Hall–Kier alpha value is -2.31. The summed E-state index contributed by atoms with van der Waals surface area (Å²) in [5.41, 5.74) is -1.68. The lowest BCUT2D eigenvalue weighted by Gasteiger charge is -2.07. The zero-order valence-corrected chi connectivity index (χ0v) is 9.69. The zero-order valence-electron chi connectivity index (χ0n) is 9.69. The van der Waals surface area contributed by atoms with Gasteiger partial charge >= 0.3 is 6.18 Å². The van der Waals surface area contributed by atoms with E-state index in [0.29, 0.717) is 11.8 Å². The summed E-state index contributed by atoms with van der Waals surface area (Å²) in [6.45, 7) is 1.64. The first-order chi connectivity index (χ1) is 8.79. The van der Waals surface area contributed by atoms with E-state index in [1.165, 1.54) is 6.07 Å². The molecule has 0 aliphatic heterocycles. The molecule has 0 amide bonds. The molecular formula is C12H8F3NO3. The monoisotopic (exact) mass is 271 g/mol. The average molecular weight is 271 g/mol. The Morgan fingerprint density at radius 2 is 1.89 bits per heavy atom. The standard InChI is InChI=1S/C12H8F3NO3/c1-7-2-5-11(19-7)9-4-3-8(12(13,14)15)6-10(9)16(17)18/h2-6H,1H3. The number of benzene rings is 1. The molecule has 0 saturated heterocycles. The van der Waals surface area contributed by atoms with Gasteiger partial charge in [0.2, 0.25) is 0 Å². The predicted octanol–water partition coefficient (Wildman–Crippen LogP) is 4.18. The molecule has 2 aromatic rings. The third-order valence-corrected chi connectivity index (χ3v) is 2.53. The van der Waals surface area contributed by atoms with Crippen LogP contribution < -0.4 is 0 Å². The molecule has 7 heteroatoms. The molecule has 2 rings (SSSR count). The summed E-state index contributed by atoms with van der Waals surface area (Å²) in [6, 6.07) is 5.40. The number of nitro benzene ring substituents is 1. The molecule has 0 bridgehead atoms. The minimum atomic E-state index is -4.62. The summed E-state index contributed by atoms with van der Waals surface area (Å²) >= 11 is 0. The molecule has 0 radical (unpaired) electrons. The van der Waals surface area contributed by atoms with Gasteiger partial charge in [-0.15, -0.1) is 0 Å². The van der Waals surface area contributed by atoms with Crippen molar-refractivity contribution in [1.82, 2.24) is 0 Å². The SMILES string of the molecule is Cc1ccc(-c2ccc(C(F)(F)F)cc2[N+](=O)[O-])o1. The van der Waals surface area contributed by atoms with Crippen LogP contribution in [-0.2, 0) is 6.18 Å². The molecule has 0 aliphatic rings. The number of hydrogen-bond acceptors (Lipinski definition) is 3. The second kappa shape index (κ2) is 4.42. The van der Waals surface area contributed by atoms with Crippen molar-refractivity contribution in [2.75, 3.05) is 0 Å². The van der Waals surface area contributed by atoms with E-state index in [1.54, 1.807) is 13.0 Å². The molecule has 1 aromatic carbocycles. The largest absolute Gasteiger partial charge is 0.461 e. The van der Waals surface area contributed by atoms with Crippen molar-refractivity contribution in [3.63, 3.8) is 0 Å². The van der Waals surface area contributed by atoms with Crippen LogP contribution in [0.3, 0.4) is 0 Å². The number of furan rings is 1. The van der Waals surface area contributed by atoms with Gasteiger partial charge < -0.3 is 4.42 Å². The van der Waals surface area contributed by atoms with E-state index >= 15 is 0 Å². The summed E-state index contributed by atoms with van der Waals surface area (Å²) in [6.07, 6.45) is -4.62. The second-order valence-electron chi connectivity index (χ2n) is 3.90. The van der Waals surface area contributed by atoms with Gasteiger partial charge in [-0.05, 0) is 31.2 Å². The van der Waals surface area contributed by atoms with Crippen molar-refractivity contribution in [3.05, 3.63) is 51.8 Å². The van der Waals surface area contributed by atoms with Gasteiger partial charge in [0.25, 0.3) is 5.69 Å². The Labute approximate surface area is 105 Å². The normalized spacial score (nSPS) is 11.6. The summed E-state index contributed by atoms with van der Waals surface area (Å²) in [7, 11) is 0. The molecule has 0 saturated carbocycles. The van der Waals surface area contributed by atoms with Crippen LogP contribution in [0, 0.1) is 17.0 Å². The lowest BCUT2D eigenvalue weighted by molar-refractivity contribution is -0.384. The average Bonchev–Trinajstić information content (AvgIpc) is 2.73. The van der Waals surface area contributed by atoms with Gasteiger partial charge in [0, 0.05) is 6.07 Å². The Kier molecular flexibility index (Phi) is 3.05. The van der Waals surface area contributed by atoms with Gasteiger partial charge in [-0.25, -0.2) is 0 Å². The Balaban J connectivity index is 2.60. The number of hydrogen-bond donors (Lipinski definition) is 0. The first-order valence-corrected chi connectivity index (χ1v) is 5.21. The number of nitro groups is 1. The maximum atomic E-state index is 12.5.